The first-order valence-corrected chi connectivity index (χ1v) is 10.5. The van der Waals surface area contributed by atoms with Gasteiger partial charge in [-0.25, -0.2) is 4.99 Å². The molecule has 4 rings (SSSR count). The standard InChI is InChI=1S/C27H28N2O/c1-2-12-26(27-28-25(21-30-27)24-17-10-5-11-18-24)29(19-22-13-6-3-7-14-22)20-23-15-8-4-9-16-23/h2-11,13-18,25-26H,1,12,19-21H2/t25-,26+/m0/s1. The summed E-state index contributed by atoms with van der Waals surface area (Å²) in [6, 6.07) is 31.7. The van der Waals surface area contributed by atoms with Gasteiger partial charge >= 0.3 is 0 Å². The molecule has 1 heterocycles. The average molecular weight is 397 g/mol. The van der Waals surface area contributed by atoms with Gasteiger partial charge in [-0.05, 0) is 23.1 Å². The first-order valence-electron chi connectivity index (χ1n) is 10.5. The van der Waals surface area contributed by atoms with Crippen LogP contribution in [0.3, 0.4) is 0 Å². The molecule has 3 aromatic rings. The Hall–Kier alpha value is -3.17. The van der Waals surface area contributed by atoms with Gasteiger partial charge in [0, 0.05) is 13.1 Å². The predicted molar refractivity (Wildman–Crippen MR) is 123 cm³/mol. The van der Waals surface area contributed by atoms with Gasteiger partial charge in [-0.3, -0.25) is 4.90 Å². The predicted octanol–water partition coefficient (Wildman–Crippen LogP) is 5.80. The zero-order valence-electron chi connectivity index (χ0n) is 17.2. The number of hydrogen-bond donors (Lipinski definition) is 0. The molecule has 3 aromatic carbocycles. The highest BCUT2D eigenvalue weighted by Gasteiger charge is 2.30. The minimum atomic E-state index is 0.0524. The monoisotopic (exact) mass is 396 g/mol. The molecule has 0 radical (unpaired) electrons. The molecule has 152 valence electrons. The highest BCUT2D eigenvalue weighted by Crippen LogP contribution is 2.27. The second kappa shape index (κ2) is 10.0. The van der Waals surface area contributed by atoms with Crippen LogP contribution < -0.4 is 0 Å². The van der Waals surface area contributed by atoms with E-state index < -0.39 is 0 Å². The fourth-order valence-electron chi connectivity index (χ4n) is 3.90. The molecule has 0 aromatic heterocycles. The lowest BCUT2D eigenvalue weighted by Crippen LogP contribution is -2.40. The smallest absolute Gasteiger partial charge is 0.202 e. The summed E-state index contributed by atoms with van der Waals surface area (Å²) in [4.78, 5) is 7.43. The van der Waals surface area contributed by atoms with Crippen LogP contribution in [-0.4, -0.2) is 23.4 Å². The molecule has 0 N–H and O–H groups in total. The lowest BCUT2D eigenvalue weighted by Gasteiger charge is -2.30. The van der Waals surface area contributed by atoms with Gasteiger partial charge < -0.3 is 4.74 Å². The summed E-state index contributed by atoms with van der Waals surface area (Å²) < 4.78 is 6.15. The van der Waals surface area contributed by atoms with Crippen LogP contribution in [0.5, 0.6) is 0 Å². The summed E-state index contributed by atoms with van der Waals surface area (Å²) in [7, 11) is 0. The largest absolute Gasteiger partial charge is 0.477 e. The molecule has 0 saturated heterocycles. The third-order valence-corrected chi connectivity index (χ3v) is 5.43. The van der Waals surface area contributed by atoms with Gasteiger partial charge in [-0.2, -0.15) is 0 Å². The number of aliphatic imine (C=N–C) groups is 1. The third kappa shape index (κ3) is 5.05. The van der Waals surface area contributed by atoms with Crippen molar-refractivity contribution in [3.63, 3.8) is 0 Å². The topological polar surface area (TPSA) is 24.8 Å². The maximum Gasteiger partial charge on any atom is 0.202 e. The zero-order chi connectivity index (χ0) is 20.6. The summed E-state index contributed by atoms with van der Waals surface area (Å²) >= 11 is 0. The number of ether oxygens (including phenoxy) is 1. The summed E-state index contributed by atoms with van der Waals surface area (Å²) in [5.41, 5.74) is 3.75. The molecule has 0 aliphatic carbocycles. The van der Waals surface area contributed by atoms with Crippen molar-refractivity contribution in [3.05, 3.63) is 120 Å². The van der Waals surface area contributed by atoms with Gasteiger partial charge in [-0.15, -0.1) is 6.58 Å². The van der Waals surface area contributed by atoms with Crippen LogP contribution in [0, 0.1) is 0 Å². The van der Waals surface area contributed by atoms with Gasteiger partial charge in [0.15, 0.2) is 0 Å². The molecule has 1 aliphatic heterocycles. The van der Waals surface area contributed by atoms with E-state index >= 15 is 0 Å². The Morgan fingerprint density at radius 3 is 1.93 bits per heavy atom. The Balaban J connectivity index is 1.62. The second-order valence-electron chi connectivity index (χ2n) is 7.62. The fourth-order valence-corrected chi connectivity index (χ4v) is 3.90. The van der Waals surface area contributed by atoms with Crippen molar-refractivity contribution in [1.29, 1.82) is 0 Å². The molecule has 0 bridgehead atoms. The maximum absolute atomic E-state index is 6.15. The molecular formula is C27H28N2O. The molecule has 0 amide bonds. The second-order valence-corrected chi connectivity index (χ2v) is 7.62. The zero-order valence-corrected chi connectivity index (χ0v) is 17.2. The molecule has 3 nitrogen and oxygen atoms in total. The van der Waals surface area contributed by atoms with E-state index in [1.807, 2.05) is 12.1 Å². The average Bonchev–Trinajstić information content (AvgIpc) is 3.29. The molecule has 30 heavy (non-hydrogen) atoms. The molecule has 0 spiro atoms. The minimum absolute atomic E-state index is 0.0524. The van der Waals surface area contributed by atoms with Crippen LogP contribution in [0.25, 0.3) is 0 Å². The van der Waals surface area contributed by atoms with Crippen molar-refractivity contribution in [2.75, 3.05) is 6.61 Å². The van der Waals surface area contributed by atoms with Crippen molar-refractivity contribution < 1.29 is 4.74 Å². The van der Waals surface area contributed by atoms with Gasteiger partial charge in [-0.1, -0.05) is 97.1 Å². The maximum atomic E-state index is 6.15. The lowest BCUT2D eigenvalue weighted by molar-refractivity contribution is 0.193. The van der Waals surface area contributed by atoms with Gasteiger partial charge in [0.2, 0.25) is 5.90 Å². The van der Waals surface area contributed by atoms with Crippen LogP contribution >= 0.6 is 0 Å². The van der Waals surface area contributed by atoms with Crippen LogP contribution in [0.15, 0.2) is 109 Å². The number of rotatable bonds is 9. The van der Waals surface area contributed by atoms with Gasteiger partial charge in [0.25, 0.3) is 0 Å². The van der Waals surface area contributed by atoms with E-state index in [0.717, 1.165) is 25.4 Å². The molecular weight excluding hydrogens is 368 g/mol. The highest BCUT2D eigenvalue weighted by molar-refractivity contribution is 5.83. The van der Waals surface area contributed by atoms with Crippen LogP contribution in [-0.2, 0) is 17.8 Å². The molecule has 0 saturated carbocycles. The summed E-state index contributed by atoms with van der Waals surface area (Å²) in [5, 5.41) is 0. The first kappa shape index (κ1) is 20.1. The number of hydrogen-bond acceptors (Lipinski definition) is 3. The Morgan fingerprint density at radius 1 is 0.867 bits per heavy atom. The Labute approximate surface area is 179 Å². The molecule has 2 atom stereocenters. The van der Waals surface area contributed by atoms with Crippen molar-refractivity contribution in [2.24, 2.45) is 4.99 Å². The van der Waals surface area contributed by atoms with E-state index in [4.69, 9.17) is 9.73 Å². The van der Waals surface area contributed by atoms with Gasteiger partial charge in [0.05, 0.1) is 6.04 Å². The number of nitrogens with zero attached hydrogens (tertiary/aromatic N) is 2. The van der Waals surface area contributed by atoms with Crippen molar-refractivity contribution in [2.45, 2.75) is 31.6 Å². The van der Waals surface area contributed by atoms with E-state index in [2.05, 4.69) is 96.4 Å². The summed E-state index contributed by atoms with van der Waals surface area (Å²) in [6.45, 7) is 6.26. The van der Waals surface area contributed by atoms with Crippen LogP contribution in [0.2, 0.25) is 0 Å². The molecule has 1 aliphatic rings. The normalized spacial score (nSPS) is 16.7. The Morgan fingerprint density at radius 2 is 1.40 bits per heavy atom. The molecule has 3 heteroatoms. The summed E-state index contributed by atoms with van der Waals surface area (Å²) in [6.07, 6.45) is 2.76. The van der Waals surface area contributed by atoms with Gasteiger partial charge in [0.1, 0.15) is 12.6 Å². The highest BCUT2D eigenvalue weighted by atomic mass is 16.5. The van der Waals surface area contributed by atoms with Crippen LogP contribution in [0.4, 0.5) is 0 Å². The first-order chi connectivity index (χ1) is 14.8. The quantitative estimate of drug-likeness (QED) is 0.427. The van der Waals surface area contributed by atoms with Crippen molar-refractivity contribution >= 4 is 5.90 Å². The van der Waals surface area contributed by atoms with E-state index in [1.165, 1.54) is 16.7 Å². The Kier molecular flexibility index (Phi) is 6.73. The molecule has 0 unspecified atom stereocenters. The van der Waals surface area contributed by atoms with Crippen molar-refractivity contribution in [3.8, 4) is 0 Å². The van der Waals surface area contributed by atoms with E-state index in [1.54, 1.807) is 0 Å². The van der Waals surface area contributed by atoms with E-state index in [9.17, 15) is 0 Å². The number of benzene rings is 3. The van der Waals surface area contributed by atoms with Crippen molar-refractivity contribution in [1.82, 2.24) is 4.90 Å². The van der Waals surface area contributed by atoms with E-state index in [-0.39, 0.29) is 12.1 Å². The molecule has 0 fully saturated rings. The third-order valence-electron chi connectivity index (χ3n) is 5.43. The SMILES string of the molecule is C=CC[C@H](C1=N[C@H](c2ccccc2)CO1)N(Cc1ccccc1)Cc1ccccc1. The fraction of sp³-hybridized carbons (Fsp3) is 0.222. The summed E-state index contributed by atoms with van der Waals surface area (Å²) in [5.74, 6) is 0.815. The minimum Gasteiger partial charge on any atom is -0.477 e. The lowest BCUT2D eigenvalue weighted by atomic mass is 10.1. The Bertz CT molecular complexity index is 912. The van der Waals surface area contributed by atoms with Crippen LogP contribution in [0.1, 0.15) is 29.2 Å². The van der Waals surface area contributed by atoms with E-state index in [0.29, 0.717) is 6.61 Å².